The molecule has 45 heavy (non-hydrogen) atoms. The number of methoxy groups -OCH3 is 2. The van der Waals surface area contributed by atoms with Gasteiger partial charge in [-0.2, -0.15) is 5.10 Å². The summed E-state index contributed by atoms with van der Waals surface area (Å²) in [6.45, 7) is 1.99. The summed E-state index contributed by atoms with van der Waals surface area (Å²) in [5.74, 6) is -1.64. The zero-order chi connectivity index (χ0) is 31.5. The molecule has 0 bridgehead atoms. The monoisotopic (exact) mass is 599 g/mol. The lowest BCUT2D eigenvalue weighted by Gasteiger charge is -2.46. The first-order valence-corrected chi connectivity index (χ1v) is 14.7. The number of benzene rings is 4. The van der Waals surface area contributed by atoms with Crippen molar-refractivity contribution < 1.29 is 23.9 Å². The van der Waals surface area contributed by atoms with Gasteiger partial charge in [0.05, 0.1) is 43.8 Å². The topological polar surface area (TPSA) is 88.5 Å². The third-order valence-corrected chi connectivity index (χ3v) is 8.33. The van der Waals surface area contributed by atoms with Gasteiger partial charge in [0.25, 0.3) is 0 Å². The Balaban J connectivity index is 1.44. The van der Waals surface area contributed by atoms with Crippen molar-refractivity contribution in [1.82, 2.24) is 0 Å². The normalized spacial score (nSPS) is 21.0. The molecular weight excluding hydrogens is 566 g/mol. The number of carbonyl (C=O) groups is 3. The summed E-state index contributed by atoms with van der Waals surface area (Å²) in [6, 6.07) is 32.6. The molecule has 8 heteroatoms. The van der Waals surface area contributed by atoms with Crippen LogP contribution in [0.3, 0.4) is 0 Å². The van der Waals surface area contributed by atoms with Gasteiger partial charge in [-0.3, -0.25) is 14.6 Å². The van der Waals surface area contributed by atoms with Crippen LogP contribution < -0.4 is 14.6 Å². The van der Waals surface area contributed by atoms with Gasteiger partial charge in [-0.05, 0) is 48.9 Å². The lowest BCUT2D eigenvalue weighted by Crippen LogP contribution is -2.59. The Morgan fingerprint density at radius 2 is 1.36 bits per heavy atom. The molecule has 8 nitrogen and oxygen atoms in total. The third-order valence-electron chi connectivity index (χ3n) is 8.33. The summed E-state index contributed by atoms with van der Waals surface area (Å²) in [5, 5.41) is 6.39. The fourth-order valence-corrected chi connectivity index (χ4v) is 5.98. The maximum Gasteiger partial charge on any atom is 0.355 e. The quantitative estimate of drug-likeness (QED) is 0.102. The molecule has 1 saturated heterocycles. The van der Waals surface area contributed by atoms with Gasteiger partial charge >= 0.3 is 5.97 Å². The van der Waals surface area contributed by atoms with Gasteiger partial charge in [-0.25, -0.2) is 4.79 Å². The van der Waals surface area contributed by atoms with Crippen LogP contribution in [0.4, 0.5) is 11.4 Å². The maximum absolute atomic E-state index is 14.1. The minimum atomic E-state index is -0.946. The van der Waals surface area contributed by atoms with Crippen LogP contribution in [0.25, 0.3) is 0 Å². The van der Waals surface area contributed by atoms with Crippen molar-refractivity contribution in [1.29, 1.82) is 0 Å². The van der Waals surface area contributed by atoms with Crippen molar-refractivity contribution in [3.63, 3.8) is 0 Å². The molecule has 0 saturated carbocycles. The summed E-state index contributed by atoms with van der Waals surface area (Å²) >= 11 is 0. The number of hydrogen-bond acceptors (Lipinski definition) is 7. The summed E-state index contributed by atoms with van der Waals surface area (Å²) in [6.07, 6.45) is 3.85. The van der Waals surface area contributed by atoms with E-state index in [4.69, 9.17) is 9.47 Å². The van der Waals surface area contributed by atoms with Crippen molar-refractivity contribution in [2.75, 3.05) is 24.1 Å². The van der Waals surface area contributed by atoms with Crippen molar-refractivity contribution in [2.45, 2.75) is 24.9 Å². The van der Waals surface area contributed by atoms with E-state index < -0.39 is 23.8 Å². The van der Waals surface area contributed by atoms with Crippen LogP contribution in [-0.2, 0) is 14.3 Å². The van der Waals surface area contributed by atoms with Gasteiger partial charge in [0.1, 0.15) is 5.75 Å². The van der Waals surface area contributed by atoms with E-state index in [9.17, 15) is 14.4 Å². The van der Waals surface area contributed by atoms with E-state index in [0.29, 0.717) is 11.3 Å². The number of anilines is 2. The molecule has 1 fully saturated rings. The van der Waals surface area contributed by atoms with Gasteiger partial charge < -0.3 is 14.4 Å². The molecule has 4 aromatic carbocycles. The number of ketones is 1. The smallest absolute Gasteiger partial charge is 0.355 e. The number of β-lactam (4-membered cyclic amide) rings is 1. The molecule has 2 aliphatic rings. The summed E-state index contributed by atoms with van der Waals surface area (Å²) < 4.78 is 10.4. The highest BCUT2D eigenvalue weighted by Gasteiger charge is 2.49. The van der Waals surface area contributed by atoms with Gasteiger partial charge in [-0.15, -0.1) is 0 Å². The number of amides is 1. The molecule has 6 rings (SSSR count). The Hall–Kier alpha value is -5.50. The van der Waals surface area contributed by atoms with E-state index in [1.165, 1.54) is 7.11 Å². The van der Waals surface area contributed by atoms with E-state index >= 15 is 0 Å². The third kappa shape index (κ3) is 5.62. The molecule has 0 unspecified atom stereocenters. The second kappa shape index (κ2) is 12.6. The second-order valence-electron chi connectivity index (χ2n) is 11.0. The Labute approximate surface area is 262 Å². The summed E-state index contributed by atoms with van der Waals surface area (Å²) in [7, 11) is 2.88. The van der Waals surface area contributed by atoms with E-state index in [-0.39, 0.29) is 23.4 Å². The Morgan fingerprint density at radius 1 is 0.756 bits per heavy atom. The highest BCUT2D eigenvalue weighted by Crippen LogP contribution is 2.41. The molecule has 0 N–H and O–H groups in total. The number of Topliss-reactive ketones (excluding diaryl/α,β-unsaturated/α-hetero) is 1. The Morgan fingerprint density at radius 3 is 1.98 bits per heavy atom. The molecular formula is C37H33N3O5. The zero-order valence-corrected chi connectivity index (χ0v) is 25.2. The van der Waals surface area contributed by atoms with Crippen LogP contribution in [0.15, 0.2) is 126 Å². The van der Waals surface area contributed by atoms with Crippen LogP contribution >= 0.6 is 0 Å². The second-order valence-corrected chi connectivity index (χ2v) is 11.0. The molecule has 4 aromatic rings. The molecule has 0 aromatic heterocycles. The van der Waals surface area contributed by atoms with E-state index in [2.05, 4.69) is 5.10 Å². The predicted octanol–water partition coefficient (Wildman–Crippen LogP) is 5.98. The van der Waals surface area contributed by atoms with Crippen LogP contribution in [0, 0.1) is 12.8 Å². The molecule has 2 aliphatic heterocycles. The minimum absolute atomic E-state index is 0.0258. The fourth-order valence-electron chi connectivity index (χ4n) is 5.98. The average molecular weight is 600 g/mol. The Bertz CT molecular complexity index is 1750. The lowest BCUT2D eigenvalue weighted by molar-refractivity contribution is -0.133. The fraction of sp³-hybridized carbons (Fsp3) is 0.189. The van der Waals surface area contributed by atoms with Gasteiger partial charge in [0.2, 0.25) is 5.91 Å². The SMILES string of the molecule is COC(=O)C1=NN(c2ccc(C)cc2)[C@@H](C=C[C@H]2[C@@H](c3ccccc3)C(=O)N2c2ccc(OC)cc2)[C@@H]1C(=O)c1ccccc1. The number of ether oxygens (including phenoxy) is 2. The van der Waals surface area contributed by atoms with Crippen LogP contribution in [0.2, 0.25) is 0 Å². The van der Waals surface area contributed by atoms with Crippen LogP contribution in [0.1, 0.15) is 27.4 Å². The summed E-state index contributed by atoms with van der Waals surface area (Å²) in [4.78, 5) is 42.6. The molecule has 2 heterocycles. The van der Waals surface area contributed by atoms with Crippen molar-refractivity contribution in [2.24, 2.45) is 11.0 Å². The van der Waals surface area contributed by atoms with Gasteiger partial charge in [0, 0.05) is 11.3 Å². The minimum Gasteiger partial charge on any atom is -0.497 e. The number of rotatable bonds is 9. The zero-order valence-electron chi connectivity index (χ0n) is 25.2. The highest BCUT2D eigenvalue weighted by atomic mass is 16.5. The number of hydrazone groups is 1. The van der Waals surface area contributed by atoms with Crippen molar-refractivity contribution in [3.05, 3.63) is 138 Å². The molecule has 0 radical (unpaired) electrons. The number of hydrogen-bond donors (Lipinski definition) is 0. The molecule has 0 aliphatic carbocycles. The number of carbonyl (C=O) groups excluding carboxylic acids is 3. The van der Waals surface area contributed by atoms with E-state index in [1.807, 2.05) is 104 Å². The Kier molecular flexibility index (Phi) is 8.29. The van der Waals surface area contributed by atoms with Gasteiger partial charge in [0.15, 0.2) is 11.5 Å². The van der Waals surface area contributed by atoms with Crippen molar-refractivity contribution >= 4 is 34.7 Å². The first-order chi connectivity index (χ1) is 21.9. The molecule has 226 valence electrons. The first kappa shape index (κ1) is 29.6. The number of esters is 1. The molecule has 4 atom stereocenters. The maximum atomic E-state index is 14.1. The van der Waals surface area contributed by atoms with E-state index in [0.717, 1.165) is 22.5 Å². The lowest BCUT2D eigenvalue weighted by atomic mass is 9.79. The highest BCUT2D eigenvalue weighted by molar-refractivity contribution is 6.43. The largest absolute Gasteiger partial charge is 0.497 e. The first-order valence-electron chi connectivity index (χ1n) is 14.7. The number of aryl methyl sites for hydroxylation is 1. The number of nitrogens with zero attached hydrogens (tertiary/aromatic N) is 3. The summed E-state index contributed by atoms with van der Waals surface area (Å²) in [5.41, 5.74) is 3.89. The standard InChI is InChI=1S/C37H33N3O5/c1-24-14-16-28(17-15-24)40-31(33(34(38-40)37(43)45-3)35(41)26-12-8-5-9-13-26)23-22-30-32(25-10-6-4-7-11-25)36(42)39(30)27-18-20-29(44-2)21-19-27/h4-23,30-33H,1-3H3/t30-,31-,32+,33-/m0/s1. The predicted molar refractivity (Wildman–Crippen MR) is 174 cm³/mol. The van der Waals surface area contributed by atoms with E-state index in [1.54, 1.807) is 41.3 Å². The molecule has 1 amide bonds. The van der Waals surface area contributed by atoms with Crippen molar-refractivity contribution in [3.8, 4) is 5.75 Å². The average Bonchev–Trinajstić information content (AvgIpc) is 3.46. The van der Waals surface area contributed by atoms with Gasteiger partial charge in [-0.1, -0.05) is 90.5 Å². The van der Waals surface area contributed by atoms with Crippen LogP contribution in [0.5, 0.6) is 5.75 Å². The molecule has 0 spiro atoms. The van der Waals surface area contributed by atoms with Crippen LogP contribution in [-0.4, -0.2) is 49.7 Å².